The third-order valence-corrected chi connectivity index (χ3v) is 3.98. The maximum absolute atomic E-state index is 5.94. The molecule has 1 atom stereocenters. The minimum absolute atomic E-state index is 0.122. The van der Waals surface area contributed by atoms with Crippen LogP contribution in [0.25, 0.3) is 0 Å². The van der Waals surface area contributed by atoms with E-state index in [0.29, 0.717) is 0 Å². The minimum Gasteiger partial charge on any atom is -0.493 e. The van der Waals surface area contributed by atoms with Crippen LogP contribution in [0.4, 0.5) is 0 Å². The topological polar surface area (TPSA) is 34.4 Å². The highest BCUT2D eigenvalue weighted by atomic mass is 16.5. The average Bonchev–Trinajstić information content (AvgIpc) is 2.97. The minimum atomic E-state index is 0.122. The SMILES string of the molecule is CCc1occc1C(NC)c1cccc2c1OCCC2. The van der Waals surface area contributed by atoms with E-state index in [0.717, 1.165) is 37.4 Å². The van der Waals surface area contributed by atoms with Crippen LogP contribution in [-0.2, 0) is 12.8 Å². The van der Waals surface area contributed by atoms with Gasteiger partial charge in [0.25, 0.3) is 0 Å². The molecule has 0 saturated carbocycles. The second kappa shape index (κ2) is 5.71. The van der Waals surface area contributed by atoms with E-state index in [1.165, 1.54) is 16.7 Å². The van der Waals surface area contributed by atoms with Crippen LogP contribution in [0.3, 0.4) is 0 Å². The van der Waals surface area contributed by atoms with Crippen LogP contribution in [0.2, 0.25) is 0 Å². The Bertz CT molecular complexity index is 588. The molecule has 0 aliphatic carbocycles. The molecule has 0 spiro atoms. The number of rotatable bonds is 4. The Labute approximate surface area is 119 Å². The van der Waals surface area contributed by atoms with Gasteiger partial charge in [0, 0.05) is 17.5 Å². The number of fused-ring (bicyclic) bond motifs is 1. The van der Waals surface area contributed by atoms with E-state index in [1.54, 1.807) is 6.26 Å². The molecular weight excluding hydrogens is 250 g/mol. The van der Waals surface area contributed by atoms with Crippen molar-refractivity contribution in [1.29, 1.82) is 0 Å². The maximum atomic E-state index is 5.94. The molecule has 1 unspecified atom stereocenters. The molecule has 106 valence electrons. The number of hydrogen-bond acceptors (Lipinski definition) is 3. The monoisotopic (exact) mass is 271 g/mol. The van der Waals surface area contributed by atoms with Gasteiger partial charge in [-0.3, -0.25) is 0 Å². The first-order valence-corrected chi connectivity index (χ1v) is 7.33. The number of furan rings is 1. The van der Waals surface area contributed by atoms with E-state index in [1.807, 2.05) is 7.05 Å². The quantitative estimate of drug-likeness (QED) is 0.924. The summed E-state index contributed by atoms with van der Waals surface area (Å²) in [6.45, 7) is 2.93. The Balaban J connectivity index is 2.06. The number of aryl methyl sites for hydroxylation is 2. The van der Waals surface area contributed by atoms with Crippen LogP contribution < -0.4 is 10.1 Å². The highest BCUT2D eigenvalue weighted by molar-refractivity contribution is 5.48. The van der Waals surface area contributed by atoms with Crippen LogP contribution in [0.5, 0.6) is 5.75 Å². The van der Waals surface area contributed by atoms with E-state index >= 15 is 0 Å². The van der Waals surface area contributed by atoms with Crippen molar-refractivity contribution in [2.45, 2.75) is 32.2 Å². The molecule has 1 N–H and O–H groups in total. The zero-order valence-electron chi connectivity index (χ0n) is 12.1. The third kappa shape index (κ3) is 2.22. The lowest BCUT2D eigenvalue weighted by molar-refractivity contribution is 0.283. The summed E-state index contributed by atoms with van der Waals surface area (Å²) in [4.78, 5) is 0. The zero-order chi connectivity index (χ0) is 13.9. The van der Waals surface area contributed by atoms with Gasteiger partial charge in [-0.05, 0) is 31.5 Å². The molecule has 2 heterocycles. The molecule has 1 aromatic carbocycles. The van der Waals surface area contributed by atoms with Gasteiger partial charge in [-0.1, -0.05) is 25.1 Å². The lowest BCUT2D eigenvalue weighted by Crippen LogP contribution is -2.21. The summed E-state index contributed by atoms with van der Waals surface area (Å²) >= 11 is 0. The highest BCUT2D eigenvalue weighted by Crippen LogP contribution is 2.36. The first-order chi connectivity index (χ1) is 9.85. The van der Waals surface area contributed by atoms with Gasteiger partial charge in [-0.2, -0.15) is 0 Å². The molecule has 0 saturated heterocycles. The van der Waals surface area contributed by atoms with Gasteiger partial charge in [0.05, 0.1) is 18.9 Å². The summed E-state index contributed by atoms with van der Waals surface area (Å²) in [5.74, 6) is 2.10. The van der Waals surface area contributed by atoms with Crippen LogP contribution in [0.1, 0.15) is 41.8 Å². The summed E-state index contributed by atoms with van der Waals surface area (Å²) in [6.07, 6.45) is 4.88. The third-order valence-electron chi connectivity index (χ3n) is 3.98. The van der Waals surface area contributed by atoms with E-state index in [4.69, 9.17) is 9.15 Å². The second-order valence-electron chi connectivity index (χ2n) is 5.16. The van der Waals surface area contributed by atoms with Gasteiger partial charge in [0.2, 0.25) is 0 Å². The fourth-order valence-corrected chi connectivity index (χ4v) is 3.02. The lowest BCUT2D eigenvalue weighted by Gasteiger charge is -2.25. The number of nitrogens with one attached hydrogen (secondary N) is 1. The molecule has 0 radical (unpaired) electrons. The van der Waals surface area contributed by atoms with Crippen LogP contribution in [0, 0.1) is 0 Å². The first kappa shape index (κ1) is 13.3. The Kier molecular flexibility index (Phi) is 3.79. The van der Waals surface area contributed by atoms with Crippen LogP contribution in [-0.4, -0.2) is 13.7 Å². The maximum Gasteiger partial charge on any atom is 0.127 e. The molecule has 2 aromatic rings. The first-order valence-electron chi connectivity index (χ1n) is 7.33. The number of ether oxygens (including phenoxy) is 1. The number of para-hydroxylation sites is 1. The number of benzene rings is 1. The van der Waals surface area contributed by atoms with Crippen molar-refractivity contribution < 1.29 is 9.15 Å². The smallest absolute Gasteiger partial charge is 0.127 e. The molecule has 1 aliphatic rings. The van der Waals surface area contributed by atoms with Crippen molar-refractivity contribution in [1.82, 2.24) is 5.32 Å². The van der Waals surface area contributed by atoms with Gasteiger partial charge in [0.15, 0.2) is 0 Å². The van der Waals surface area contributed by atoms with Crippen molar-refractivity contribution >= 4 is 0 Å². The van der Waals surface area contributed by atoms with Crippen molar-refractivity contribution in [3.8, 4) is 5.75 Å². The largest absolute Gasteiger partial charge is 0.493 e. The lowest BCUT2D eigenvalue weighted by atomic mass is 9.93. The summed E-state index contributed by atoms with van der Waals surface area (Å²) in [5, 5.41) is 3.41. The van der Waals surface area contributed by atoms with Crippen molar-refractivity contribution in [3.05, 3.63) is 53.0 Å². The molecule has 1 aliphatic heterocycles. The summed E-state index contributed by atoms with van der Waals surface area (Å²) < 4.78 is 11.5. The normalized spacial score (nSPS) is 15.5. The Morgan fingerprint density at radius 2 is 2.15 bits per heavy atom. The van der Waals surface area contributed by atoms with Gasteiger partial charge >= 0.3 is 0 Å². The average molecular weight is 271 g/mol. The fraction of sp³-hybridized carbons (Fsp3) is 0.412. The van der Waals surface area contributed by atoms with Gasteiger partial charge in [-0.15, -0.1) is 0 Å². The molecule has 0 bridgehead atoms. The fourth-order valence-electron chi connectivity index (χ4n) is 3.02. The van der Waals surface area contributed by atoms with Gasteiger partial charge < -0.3 is 14.5 Å². The molecule has 0 fully saturated rings. The van der Waals surface area contributed by atoms with Crippen LogP contribution >= 0.6 is 0 Å². The van der Waals surface area contributed by atoms with Gasteiger partial charge in [0.1, 0.15) is 11.5 Å². The summed E-state index contributed by atoms with van der Waals surface area (Å²) in [6, 6.07) is 8.62. The number of hydrogen-bond donors (Lipinski definition) is 1. The Morgan fingerprint density at radius 1 is 1.25 bits per heavy atom. The molecular formula is C17H21NO2. The predicted octanol–water partition coefficient (Wildman–Crippen LogP) is 3.48. The Hall–Kier alpha value is -1.74. The van der Waals surface area contributed by atoms with Crippen molar-refractivity contribution in [2.24, 2.45) is 0 Å². The van der Waals surface area contributed by atoms with Gasteiger partial charge in [-0.25, -0.2) is 0 Å². The molecule has 3 rings (SSSR count). The molecule has 1 aromatic heterocycles. The van der Waals surface area contributed by atoms with Crippen LogP contribution in [0.15, 0.2) is 34.9 Å². The molecule has 0 amide bonds. The van der Waals surface area contributed by atoms with Crippen molar-refractivity contribution in [2.75, 3.05) is 13.7 Å². The molecule has 3 nitrogen and oxygen atoms in total. The predicted molar refractivity (Wildman–Crippen MR) is 79.2 cm³/mol. The van der Waals surface area contributed by atoms with Crippen molar-refractivity contribution in [3.63, 3.8) is 0 Å². The molecule has 20 heavy (non-hydrogen) atoms. The zero-order valence-corrected chi connectivity index (χ0v) is 12.1. The van der Waals surface area contributed by atoms with E-state index in [-0.39, 0.29) is 6.04 Å². The van der Waals surface area contributed by atoms with E-state index in [9.17, 15) is 0 Å². The standard InChI is InChI=1S/C17H21NO2/c1-3-15-13(9-11-19-15)16(18-2)14-8-4-6-12-7-5-10-20-17(12)14/h4,6,8-9,11,16,18H,3,5,7,10H2,1-2H3. The second-order valence-corrected chi connectivity index (χ2v) is 5.16. The highest BCUT2D eigenvalue weighted by Gasteiger charge is 2.23. The molecule has 3 heteroatoms. The van der Waals surface area contributed by atoms with E-state index < -0.39 is 0 Å². The summed E-state index contributed by atoms with van der Waals surface area (Å²) in [7, 11) is 1.99. The Morgan fingerprint density at radius 3 is 2.95 bits per heavy atom. The summed E-state index contributed by atoms with van der Waals surface area (Å²) in [5.41, 5.74) is 3.73. The van der Waals surface area contributed by atoms with E-state index in [2.05, 4.69) is 36.5 Å².